The summed E-state index contributed by atoms with van der Waals surface area (Å²) in [5.41, 5.74) is 2.53. The van der Waals surface area contributed by atoms with Crippen molar-refractivity contribution in [1.82, 2.24) is 5.43 Å². The number of nitrogens with zero attached hydrogens (tertiary/aromatic N) is 2. The third kappa shape index (κ3) is 5.65. The molecule has 0 saturated carbocycles. The van der Waals surface area contributed by atoms with Crippen molar-refractivity contribution in [2.24, 2.45) is 5.10 Å². The first kappa shape index (κ1) is 22.4. The highest BCUT2D eigenvalue weighted by molar-refractivity contribution is 7.92. The number of rotatable bonds is 9. The van der Waals surface area contributed by atoms with Gasteiger partial charge in [-0.1, -0.05) is 23.7 Å². The van der Waals surface area contributed by atoms with Crippen LogP contribution in [0.25, 0.3) is 0 Å². The maximum atomic E-state index is 13.4. The molecular formula is C21H20ClN3O5S. The molecule has 0 aliphatic heterocycles. The number of carbonyl (C=O) groups excluding carboxylic acids is 1. The standard InChI is InChI=1S/C21H20ClN3O5S/c1-2-29-20-8-4-3-7-19(20)25(31(27,28)18-11-9-16(22)10-12-18)15-21(26)24-23-14-17-6-5-13-30-17/h3-14H,2,15H2,1H3,(H,24,26)/b23-14-. The fourth-order valence-corrected chi connectivity index (χ4v) is 4.23. The zero-order chi connectivity index (χ0) is 22.3. The van der Waals surface area contributed by atoms with E-state index in [1.165, 1.54) is 36.7 Å². The molecule has 0 fully saturated rings. The molecule has 0 atom stereocenters. The van der Waals surface area contributed by atoms with Crippen LogP contribution in [0.2, 0.25) is 5.02 Å². The number of carbonyl (C=O) groups is 1. The Morgan fingerprint density at radius 1 is 1.16 bits per heavy atom. The summed E-state index contributed by atoms with van der Waals surface area (Å²) < 4.78 is 38.4. The summed E-state index contributed by atoms with van der Waals surface area (Å²) in [5, 5.41) is 4.19. The SMILES string of the molecule is CCOc1ccccc1N(CC(=O)N/N=C\c1ccco1)S(=O)(=O)c1ccc(Cl)cc1. The van der Waals surface area contributed by atoms with Gasteiger partial charge in [0.1, 0.15) is 18.1 Å². The topological polar surface area (TPSA) is 101 Å². The number of hydrogen-bond acceptors (Lipinski definition) is 6. The molecule has 0 aliphatic rings. The summed E-state index contributed by atoms with van der Waals surface area (Å²) in [4.78, 5) is 12.5. The van der Waals surface area contributed by atoms with Crippen LogP contribution in [0.1, 0.15) is 12.7 Å². The van der Waals surface area contributed by atoms with E-state index < -0.39 is 22.5 Å². The van der Waals surface area contributed by atoms with Crippen molar-refractivity contribution < 1.29 is 22.4 Å². The van der Waals surface area contributed by atoms with E-state index in [0.717, 1.165) is 4.31 Å². The quantitative estimate of drug-likeness (QED) is 0.387. The normalized spacial score (nSPS) is 11.4. The van der Waals surface area contributed by atoms with Crippen molar-refractivity contribution in [1.29, 1.82) is 0 Å². The number of hydrazone groups is 1. The summed E-state index contributed by atoms with van der Waals surface area (Å²) in [5.74, 6) is 0.119. The zero-order valence-corrected chi connectivity index (χ0v) is 18.1. The second-order valence-corrected chi connectivity index (χ2v) is 8.47. The highest BCUT2D eigenvalue weighted by Gasteiger charge is 2.29. The van der Waals surface area contributed by atoms with Gasteiger partial charge in [-0.25, -0.2) is 13.8 Å². The Balaban J connectivity index is 1.92. The predicted octanol–water partition coefficient (Wildman–Crippen LogP) is 3.68. The van der Waals surface area contributed by atoms with Crippen LogP contribution in [0.5, 0.6) is 5.75 Å². The molecule has 0 saturated heterocycles. The minimum absolute atomic E-state index is 0.0184. The Hall–Kier alpha value is -3.30. The summed E-state index contributed by atoms with van der Waals surface area (Å²) in [6.07, 6.45) is 2.78. The molecule has 0 bridgehead atoms. The molecule has 0 unspecified atom stereocenters. The first-order valence-electron chi connectivity index (χ1n) is 9.27. The van der Waals surface area contributed by atoms with Gasteiger partial charge in [-0.15, -0.1) is 0 Å². The lowest BCUT2D eigenvalue weighted by Crippen LogP contribution is -2.39. The van der Waals surface area contributed by atoms with E-state index in [9.17, 15) is 13.2 Å². The zero-order valence-electron chi connectivity index (χ0n) is 16.6. The Labute approximate surface area is 185 Å². The molecule has 0 radical (unpaired) electrons. The molecule has 3 aromatic rings. The van der Waals surface area contributed by atoms with Crippen LogP contribution < -0.4 is 14.5 Å². The smallest absolute Gasteiger partial charge is 0.264 e. The molecule has 0 aliphatic carbocycles. The lowest BCUT2D eigenvalue weighted by atomic mass is 10.3. The van der Waals surface area contributed by atoms with Gasteiger partial charge in [-0.2, -0.15) is 5.10 Å². The highest BCUT2D eigenvalue weighted by atomic mass is 35.5. The first-order valence-corrected chi connectivity index (χ1v) is 11.1. The van der Waals surface area contributed by atoms with Crippen LogP contribution in [0.3, 0.4) is 0 Å². The minimum atomic E-state index is -4.11. The maximum Gasteiger partial charge on any atom is 0.264 e. The number of halogens is 1. The van der Waals surface area contributed by atoms with Gasteiger partial charge in [0.2, 0.25) is 0 Å². The van der Waals surface area contributed by atoms with Gasteiger partial charge in [0.15, 0.2) is 0 Å². The predicted molar refractivity (Wildman–Crippen MR) is 118 cm³/mol. The second kappa shape index (κ2) is 10.1. The van der Waals surface area contributed by atoms with E-state index in [1.54, 1.807) is 43.3 Å². The van der Waals surface area contributed by atoms with E-state index in [2.05, 4.69) is 10.5 Å². The molecule has 31 heavy (non-hydrogen) atoms. The summed E-state index contributed by atoms with van der Waals surface area (Å²) in [7, 11) is -4.11. The fourth-order valence-electron chi connectivity index (χ4n) is 2.67. The van der Waals surface area contributed by atoms with E-state index in [-0.39, 0.29) is 10.6 Å². The number of sulfonamides is 1. The summed E-state index contributed by atoms with van der Waals surface area (Å²) in [6, 6.07) is 15.6. The van der Waals surface area contributed by atoms with Crippen LogP contribution in [-0.2, 0) is 14.8 Å². The van der Waals surface area contributed by atoms with Gasteiger partial charge in [0.25, 0.3) is 15.9 Å². The first-order chi connectivity index (χ1) is 14.9. The third-order valence-corrected chi connectivity index (χ3v) is 6.07. The van der Waals surface area contributed by atoms with Gasteiger partial charge in [-0.05, 0) is 55.5 Å². The largest absolute Gasteiger partial charge is 0.492 e. The number of hydrogen-bond donors (Lipinski definition) is 1. The molecule has 3 rings (SSSR count). The molecule has 8 nitrogen and oxygen atoms in total. The molecule has 0 spiro atoms. The molecule has 2 aromatic carbocycles. The molecule has 1 amide bonds. The van der Waals surface area contributed by atoms with Gasteiger partial charge >= 0.3 is 0 Å². The maximum absolute atomic E-state index is 13.4. The monoisotopic (exact) mass is 461 g/mol. The van der Waals surface area contributed by atoms with Crippen molar-refractivity contribution in [3.05, 3.63) is 77.7 Å². The van der Waals surface area contributed by atoms with Crippen molar-refractivity contribution in [3.8, 4) is 5.75 Å². The van der Waals surface area contributed by atoms with Gasteiger partial charge in [-0.3, -0.25) is 9.10 Å². The molecule has 162 valence electrons. The van der Waals surface area contributed by atoms with Gasteiger partial charge in [0.05, 0.1) is 29.7 Å². The van der Waals surface area contributed by atoms with E-state index in [1.807, 2.05) is 0 Å². The Morgan fingerprint density at radius 3 is 2.58 bits per heavy atom. The number of nitrogens with one attached hydrogen (secondary N) is 1. The van der Waals surface area contributed by atoms with Crippen LogP contribution in [0.15, 0.2) is 81.3 Å². The Morgan fingerprint density at radius 2 is 1.90 bits per heavy atom. The summed E-state index contributed by atoms with van der Waals surface area (Å²) in [6.45, 7) is 1.58. The lowest BCUT2D eigenvalue weighted by Gasteiger charge is -2.25. The highest BCUT2D eigenvalue weighted by Crippen LogP contribution is 2.32. The van der Waals surface area contributed by atoms with Crippen LogP contribution >= 0.6 is 11.6 Å². The molecule has 10 heteroatoms. The van der Waals surface area contributed by atoms with Crippen LogP contribution in [-0.4, -0.2) is 33.7 Å². The molecule has 1 aromatic heterocycles. The average Bonchev–Trinajstić information content (AvgIpc) is 3.27. The van der Waals surface area contributed by atoms with Crippen molar-refractivity contribution in [2.45, 2.75) is 11.8 Å². The molecular weight excluding hydrogens is 442 g/mol. The minimum Gasteiger partial charge on any atom is -0.492 e. The number of anilines is 1. The van der Waals surface area contributed by atoms with Crippen LogP contribution in [0.4, 0.5) is 5.69 Å². The van der Waals surface area contributed by atoms with E-state index in [0.29, 0.717) is 23.1 Å². The fraction of sp³-hybridized carbons (Fsp3) is 0.143. The van der Waals surface area contributed by atoms with Crippen molar-refractivity contribution in [2.75, 3.05) is 17.5 Å². The molecule has 1 heterocycles. The second-order valence-electron chi connectivity index (χ2n) is 6.17. The number of furan rings is 1. The van der Waals surface area contributed by atoms with E-state index >= 15 is 0 Å². The van der Waals surface area contributed by atoms with Crippen molar-refractivity contribution >= 4 is 39.4 Å². The van der Waals surface area contributed by atoms with Crippen molar-refractivity contribution in [3.63, 3.8) is 0 Å². The van der Waals surface area contributed by atoms with Gasteiger partial charge in [0, 0.05) is 5.02 Å². The van der Waals surface area contributed by atoms with Gasteiger partial charge < -0.3 is 9.15 Å². The average molecular weight is 462 g/mol. The third-order valence-electron chi connectivity index (χ3n) is 4.05. The summed E-state index contributed by atoms with van der Waals surface area (Å²) >= 11 is 5.89. The van der Waals surface area contributed by atoms with E-state index in [4.69, 9.17) is 20.8 Å². The molecule has 1 N–H and O–H groups in total. The number of ether oxygens (including phenoxy) is 1. The Bertz CT molecular complexity index is 1150. The number of benzene rings is 2. The number of amides is 1. The van der Waals surface area contributed by atoms with Crippen LogP contribution in [0, 0.1) is 0 Å². The Kier molecular flexibility index (Phi) is 7.32. The lowest BCUT2D eigenvalue weighted by molar-refractivity contribution is -0.119. The number of para-hydroxylation sites is 2.